The molecule has 0 aromatic heterocycles. The lowest BCUT2D eigenvalue weighted by molar-refractivity contribution is 0.117. The third-order valence-electron chi connectivity index (χ3n) is 3.55. The number of hydrogen-bond donors (Lipinski definition) is 1. The van der Waals surface area contributed by atoms with E-state index in [-0.39, 0.29) is 11.4 Å². The number of nitrogens with zero attached hydrogens (tertiary/aromatic N) is 1. The predicted molar refractivity (Wildman–Crippen MR) is 82.7 cm³/mol. The van der Waals surface area contributed by atoms with Crippen LogP contribution in [0.25, 0.3) is 0 Å². The van der Waals surface area contributed by atoms with Gasteiger partial charge in [0.15, 0.2) is 0 Å². The largest absolute Gasteiger partial charge is 0.380 e. The average molecular weight is 333 g/mol. The first-order valence-electron chi connectivity index (χ1n) is 6.97. The Hall–Kier alpha value is -0.660. The van der Waals surface area contributed by atoms with E-state index in [1.54, 1.807) is 13.1 Å². The normalized spacial score (nSPS) is 15.6. The van der Waals surface area contributed by atoms with E-state index in [4.69, 9.17) is 22.1 Å². The number of rotatable bonds is 8. The zero-order chi connectivity index (χ0) is 15.5. The first kappa shape index (κ1) is 16.7. The highest BCUT2D eigenvalue weighted by Gasteiger charge is 2.23. The molecule has 2 rings (SSSR count). The molecule has 2 N–H and O–H groups in total. The van der Waals surface area contributed by atoms with Crippen LogP contribution in [0.1, 0.15) is 18.4 Å². The highest BCUT2D eigenvalue weighted by molar-refractivity contribution is 7.89. The Morgan fingerprint density at radius 2 is 2.14 bits per heavy atom. The molecule has 1 fully saturated rings. The number of hydrogen-bond acceptors (Lipinski definition) is 4. The van der Waals surface area contributed by atoms with Crippen LogP contribution >= 0.6 is 11.6 Å². The van der Waals surface area contributed by atoms with Gasteiger partial charge in [-0.15, -0.1) is 0 Å². The van der Waals surface area contributed by atoms with Gasteiger partial charge in [0.25, 0.3) is 0 Å². The van der Waals surface area contributed by atoms with Gasteiger partial charge < -0.3 is 10.5 Å². The molecule has 0 atom stereocenters. The van der Waals surface area contributed by atoms with Crippen LogP contribution in [-0.4, -0.2) is 39.5 Å². The van der Waals surface area contributed by atoms with Gasteiger partial charge >= 0.3 is 0 Å². The summed E-state index contributed by atoms with van der Waals surface area (Å²) in [5, 5.41) is 0.479. The number of ether oxygens (including phenoxy) is 1. The maximum atomic E-state index is 12.4. The summed E-state index contributed by atoms with van der Waals surface area (Å²) in [4.78, 5) is 0.206. The van der Waals surface area contributed by atoms with Crippen molar-refractivity contribution in [1.82, 2.24) is 4.31 Å². The molecule has 7 heteroatoms. The Labute approximate surface area is 131 Å². The van der Waals surface area contributed by atoms with Crippen LogP contribution in [0.15, 0.2) is 23.1 Å². The number of halogens is 1. The summed E-state index contributed by atoms with van der Waals surface area (Å²) in [5.74, 6) is 0.676. The standard InChI is InChI=1S/C14H21ClN2O3S/c1-17(6-7-20-10-11-2-3-11)21(18,19)13-4-5-14(15)12(8-13)9-16/h4-5,8,11H,2-3,6-7,9-10,16H2,1H3. The Morgan fingerprint density at radius 3 is 2.76 bits per heavy atom. The second-order valence-corrected chi connectivity index (χ2v) is 7.75. The van der Waals surface area contributed by atoms with Crippen molar-refractivity contribution in [2.24, 2.45) is 11.7 Å². The first-order chi connectivity index (χ1) is 9.95. The molecule has 118 valence electrons. The molecule has 1 aliphatic carbocycles. The van der Waals surface area contributed by atoms with Gasteiger partial charge in [-0.2, -0.15) is 4.31 Å². The van der Waals surface area contributed by atoms with Gasteiger partial charge in [0, 0.05) is 31.8 Å². The summed E-state index contributed by atoms with van der Waals surface area (Å²) in [6.07, 6.45) is 2.45. The van der Waals surface area contributed by atoms with Crippen molar-refractivity contribution in [3.63, 3.8) is 0 Å². The lowest BCUT2D eigenvalue weighted by atomic mass is 10.2. The fraction of sp³-hybridized carbons (Fsp3) is 0.571. The van der Waals surface area contributed by atoms with Gasteiger partial charge in [-0.3, -0.25) is 0 Å². The minimum Gasteiger partial charge on any atom is -0.380 e. The Balaban J connectivity index is 1.98. The van der Waals surface area contributed by atoms with E-state index in [9.17, 15) is 8.42 Å². The van der Waals surface area contributed by atoms with E-state index >= 15 is 0 Å². The van der Waals surface area contributed by atoms with Gasteiger partial charge in [0.2, 0.25) is 10.0 Å². The molecule has 0 bridgehead atoms. The molecule has 1 aromatic carbocycles. The van der Waals surface area contributed by atoms with Crippen LogP contribution in [0.3, 0.4) is 0 Å². The van der Waals surface area contributed by atoms with E-state index in [1.807, 2.05) is 0 Å². The summed E-state index contributed by atoms with van der Waals surface area (Å²) < 4.78 is 31.6. The van der Waals surface area contributed by atoms with E-state index in [0.717, 1.165) is 6.61 Å². The topological polar surface area (TPSA) is 72.6 Å². The average Bonchev–Trinajstić information content (AvgIpc) is 3.27. The third kappa shape index (κ3) is 4.40. The highest BCUT2D eigenvalue weighted by Crippen LogP contribution is 2.28. The Morgan fingerprint density at radius 1 is 1.43 bits per heavy atom. The fourth-order valence-electron chi connectivity index (χ4n) is 1.90. The zero-order valence-corrected chi connectivity index (χ0v) is 13.7. The van der Waals surface area contributed by atoms with Crippen LogP contribution in [0.2, 0.25) is 5.02 Å². The third-order valence-corrected chi connectivity index (χ3v) is 5.77. The van der Waals surface area contributed by atoms with Crippen molar-refractivity contribution >= 4 is 21.6 Å². The van der Waals surface area contributed by atoms with Crippen molar-refractivity contribution in [3.8, 4) is 0 Å². The van der Waals surface area contributed by atoms with Crippen LogP contribution in [-0.2, 0) is 21.3 Å². The van der Waals surface area contributed by atoms with Gasteiger partial charge in [-0.1, -0.05) is 11.6 Å². The lowest BCUT2D eigenvalue weighted by Gasteiger charge is -2.18. The SMILES string of the molecule is CN(CCOCC1CC1)S(=O)(=O)c1ccc(Cl)c(CN)c1. The second-order valence-electron chi connectivity index (χ2n) is 5.30. The number of benzene rings is 1. The zero-order valence-electron chi connectivity index (χ0n) is 12.1. The first-order valence-corrected chi connectivity index (χ1v) is 8.79. The van der Waals surface area contributed by atoms with Crippen molar-refractivity contribution in [2.45, 2.75) is 24.3 Å². The van der Waals surface area contributed by atoms with Crippen LogP contribution in [0, 0.1) is 5.92 Å². The molecular weight excluding hydrogens is 312 g/mol. The molecule has 1 aliphatic rings. The van der Waals surface area contributed by atoms with Crippen molar-refractivity contribution in [3.05, 3.63) is 28.8 Å². The molecular formula is C14H21ClN2O3S. The number of nitrogens with two attached hydrogens (primary N) is 1. The smallest absolute Gasteiger partial charge is 0.242 e. The minimum atomic E-state index is -3.53. The van der Waals surface area contributed by atoms with Crippen molar-refractivity contribution in [1.29, 1.82) is 0 Å². The highest BCUT2D eigenvalue weighted by atomic mass is 35.5. The van der Waals surface area contributed by atoms with E-state index in [0.29, 0.717) is 29.7 Å². The summed E-state index contributed by atoms with van der Waals surface area (Å²) in [6, 6.07) is 4.59. The lowest BCUT2D eigenvalue weighted by Crippen LogP contribution is -2.30. The molecule has 1 aromatic rings. The molecule has 0 aliphatic heterocycles. The minimum absolute atomic E-state index is 0.205. The van der Waals surface area contributed by atoms with E-state index in [1.165, 1.54) is 29.3 Å². The molecule has 0 heterocycles. The predicted octanol–water partition coefficient (Wildman–Crippen LogP) is 1.85. The summed E-state index contributed by atoms with van der Waals surface area (Å²) in [7, 11) is -1.99. The van der Waals surface area contributed by atoms with Crippen LogP contribution in [0.4, 0.5) is 0 Å². The molecule has 1 saturated carbocycles. The maximum absolute atomic E-state index is 12.4. The second kappa shape index (κ2) is 7.07. The number of sulfonamides is 1. The van der Waals surface area contributed by atoms with Gasteiger partial charge in [-0.05, 0) is 42.5 Å². The molecule has 0 spiro atoms. The molecule has 21 heavy (non-hydrogen) atoms. The van der Waals surface area contributed by atoms with Crippen molar-refractivity contribution < 1.29 is 13.2 Å². The monoisotopic (exact) mass is 332 g/mol. The van der Waals surface area contributed by atoms with E-state index in [2.05, 4.69) is 0 Å². The quantitative estimate of drug-likeness (QED) is 0.737. The Kier molecular flexibility index (Phi) is 5.62. The number of likely N-dealkylation sites (N-methyl/N-ethyl adjacent to an activating group) is 1. The van der Waals surface area contributed by atoms with Crippen LogP contribution in [0.5, 0.6) is 0 Å². The molecule has 0 unspecified atom stereocenters. The molecule has 0 amide bonds. The molecule has 0 radical (unpaired) electrons. The van der Waals surface area contributed by atoms with Gasteiger partial charge in [0.05, 0.1) is 11.5 Å². The van der Waals surface area contributed by atoms with Gasteiger partial charge in [0.1, 0.15) is 0 Å². The van der Waals surface area contributed by atoms with Gasteiger partial charge in [-0.25, -0.2) is 8.42 Å². The maximum Gasteiger partial charge on any atom is 0.242 e. The Bertz CT molecular complexity index is 588. The summed E-state index contributed by atoms with van der Waals surface area (Å²) >= 11 is 5.96. The van der Waals surface area contributed by atoms with E-state index < -0.39 is 10.0 Å². The van der Waals surface area contributed by atoms with Crippen molar-refractivity contribution in [2.75, 3.05) is 26.8 Å². The fourth-order valence-corrected chi connectivity index (χ4v) is 3.30. The van der Waals surface area contributed by atoms with Crippen LogP contribution < -0.4 is 5.73 Å². The molecule has 0 saturated heterocycles. The summed E-state index contributed by atoms with van der Waals surface area (Å²) in [5.41, 5.74) is 6.18. The molecule has 5 nitrogen and oxygen atoms in total. The summed E-state index contributed by atoms with van der Waals surface area (Å²) in [6.45, 7) is 1.67.